The second kappa shape index (κ2) is 6.68. The number of hydrogen-bond donors (Lipinski definition) is 0. The van der Waals surface area contributed by atoms with E-state index in [1.54, 1.807) is 18.1 Å². The molecule has 0 saturated heterocycles. The lowest BCUT2D eigenvalue weighted by molar-refractivity contribution is 0.508. The summed E-state index contributed by atoms with van der Waals surface area (Å²) in [5, 5.41) is 16.2. The number of aromatic nitrogens is 6. The molecule has 29 heavy (non-hydrogen) atoms. The molecule has 0 radical (unpaired) electrons. The van der Waals surface area contributed by atoms with E-state index < -0.39 is 0 Å². The maximum Gasteiger partial charge on any atom is 0.260 e. The highest BCUT2D eigenvalue weighted by Gasteiger charge is 2.26. The van der Waals surface area contributed by atoms with Crippen molar-refractivity contribution in [2.24, 2.45) is 5.92 Å². The zero-order chi connectivity index (χ0) is 19.5. The predicted octanol–water partition coefficient (Wildman–Crippen LogP) is 5.06. The van der Waals surface area contributed by atoms with Crippen LogP contribution in [0.3, 0.4) is 0 Å². The fourth-order valence-corrected chi connectivity index (χ4v) is 6.50. The molecule has 4 aromatic heterocycles. The second-order valence-electron chi connectivity index (χ2n) is 7.56. The molecule has 0 saturated carbocycles. The molecular weight excluding hydrogens is 424 g/mol. The molecule has 1 atom stereocenters. The zero-order valence-corrected chi connectivity index (χ0v) is 18.1. The fourth-order valence-electron chi connectivity index (χ4n) is 4.09. The number of thioether (sulfide) groups is 1. The lowest BCUT2D eigenvalue weighted by atomic mass is 9.89. The van der Waals surface area contributed by atoms with E-state index in [9.17, 15) is 0 Å². The standard InChI is InChI=1S/C20H17ClN6S2/c1-11-2-7-15-14(8-11)16-17-22-10-23-27(17)19-24-25-20(26(19)18(16)29-15)28-9-12-3-5-13(21)6-4-12/h3-6,10-11H,2,7-9H2,1H3. The van der Waals surface area contributed by atoms with Gasteiger partial charge in [0.15, 0.2) is 10.8 Å². The molecule has 0 spiro atoms. The number of thiophene rings is 1. The van der Waals surface area contributed by atoms with Crippen LogP contribution < -0.4 is 0 Å². The van der Waals surface area contributed by atoms with Crippen molar-refractivity contribution in [3.63, 3.8) is 0 Å². The summed E-state index contributed by atoms with van der Waals surface area (Å²) in [6, 6.07) is 7.94. The van der Waals surface area contributed by atoms with Crippen molar-refractivity contribution in [1.82, 2.24) is 29.2 Å². The van der Waals surface area contributed by atoms with Gasteiger partial charge in [0.05, 0.1) is 5.39 Å². The molecule has 0 fully saturated rings. The number of rotatable bonds is 3. The molecule has 6 rings (SSSR count). The van der Waals surface area contributed by atoms with Gasteiger partial charge in [-0.15, -0.1) is 21.5 Å². The van der Waals surface area contributed by atoms with Crippen LogP contribution in [0.2, 0.25) is 5.02 Å². The molecule has 0 aliphatic heterocycles. The molecule has 1 aliphatic rings. The summed E-state index contributed by atoms with van der Waals surface area (Å²) in [6.07, 6.45) is 5.08. The molecular formula is C20H17ClN6S2. The van der Waals surface area contributed by atoms with Crippen molar-refractivity contribution >= 4 is 56.3 Å². The Labute approximate surface area is 179 Å². The Kier molecular flexibility index (Phi) is 4.07. The third kappa shape index (κ3) is 2.77. The van der Waals surface area contributed by atoms with Crippen LogP contribution in [0.25, 0.3) is 21.6 Å². The first kappa shape index (κ1) is 17.7. The molecule has 1 aliphatic carbocycles. The van der Waals surface area contributed by atoms with Crippen LogP contribution in [-0.4, -0.2) is 29.2 Å². The van der Waals surface area contributed by atoms with E-state index in [1.807, 2.05) is 28.0 Å². The van der Waals surface area contributed by atoms with Crippen molar-refractivity contribution < 1.29 is 0 Å². The summed E-state index contributed by atoms with van der Waals surface area (Å²) >= 11 is 9.55. The van der Waals surface area contributed by atoms with E-state index in [4.69, 9.17) is 11.6 Å². The van der Waals surface area contributed by atoms with E-state index in [0.717, 1.165) is 40.2 Å². The Morgan fingerprint density at radius 2 is 2.10 bits per heavy atom. The van der Waals surface area contributed by atoms with Gasteiger partial charge in [-0.3, -0.25) is 0 Å². The van der Waals surface area contributed by atoms with Gasteiger partial charge in [-0.25, -0.2) is 9.38 Å². The van der Waals surface area contributed by atoms with Gasteiger partial charge in [0, 0.05) is 15.7 Å². The minimum atomic E-state index is 0.693. The second-order valence-corrected chi connectivity index (χ2v) is 10.0. The number of benzene rings is 1. The Morgan fingerprint density at radius 1 is 1.24 bits per heavy atom. The number of aryl methyl sites for hydroxylation is 1. The van der Waals surface area contributed by atoms with E-state index in [0.29, 0.717) is 5.92 Å². The summed E-state index contributed by atoms with van der Waals surface area (Å²) in [5.74, 6) is 2.21. The highest BCUT2D eigenvalue weighted by molar-refractivity contribution is 7.98. The SMILES string of the molecule is CC1CCc2sc3c(c2C1)c1ncnn1c1nnc(SCc2ccc(Cl)cc2)n31. The molecule has 0 N–H and O–H groups in total. The Bertz CT molecular complexity index is 1370. The first-order valence-electron chi connectivity index (χ1n) is 9.57. The van der Waals surface area contributed by atoms with Crippen molar-refractivity contribution in [2.75, 3.05) is 0 Å². The number of hydrogen-bond acceptors (Lipinski definition) is 6. The lowest BCUT2D eigenvalue weighted by Gasteiger charge is -2.17. The van der Waals surface area contributed by atoms with Crippen molar-refractivity contribution in [1.29, 1.82) is 0 Å². The van der Waals surface area contributed by atoms with Crippen LogP contribution in [0.4, 0.5) is 0 Å². The largest absolute Gasteiger partial charge is 0.260 e. The van der Waals surface area contributed by atoms with Crippen molar-refractivity contribution in [3.8, 4) is 0 Å². The quantitative estimate of drug-likeness (QED) is 0.367. The Hall–Kier alpha value is -2.16. The molecule has 4 heterocycles. The fraction of sp³-hybridized carbons (Fsp3) is 0.300. The zero-order valence-electron chi connectivity index (χ0n) is 15.7. The molecule has 5 aromatic rings. The third-order valence-electron chi connectivity index (χ3n) is 5.55. The monoisotopic (exact) mass is 440 g/mol. The smallest absolute Gasteiger partial charge is 0.244 e. The normalized spacial score (nSPS) is 16.8. The third-order valence-corrected chi connectivity index (χ3v) is 8.08. The van der Waals surface area contributed by atoms with Gasteiger partial charge < -0.3 is 0 Å². The summed E-state index contributed by atoms with van der Waals surface area (Å²) < 4.78 is 3.99. The van der Waals surface area contributed by atoms with Crippen LogP contribution in [-0.2, 0) is 18.6 Å². The van der Waals surface area contributed by atoms with Gasteiger partial charge in [0.2, 0.25) is 0 Å². The average molecular weight is 441 g/mol. The van der Waals surface area contributed by atoms with E-state index >= 15 is 0 Å². The minimum absolute atomic E-state index is 0.693. The van der Waals surface area contributed by atoms with E-state index in [-0.39, 0.29) is 0 Å². The minimum Gasteiger partial charge on any atom is -0.244 e. The van der Waals surface area contributed by atoms with Crippen LogP contribution in [0, 0.1) is 5.92 Å². The maximum absolute atomic E-state index is 6.01. The average Bonchev–Trinajstić information content (AvgIpc) is 3.43. The molecule has 9 heteroatoms. The van der Waals surface area contributed by atoms with Gasteiger partial charge in [0.25, 0.3) is 5.78 Å². The highest BCUT2D eigenvalue weighted by Crippen LogP contribution is 2.41. The van der Waals surface area contributed by atoms with Crippen LogP contribution in [0.15, 0.2) is 35.7 Å². The van der Waals surface area contributed by atoms with E-state index in [2.05, 4.69) is 43.7 Å². The van der Waals surface area contributed by atoms with Gasteiger partial charge in [-0.1, -0.05) is 42.4 Å². The molecule has 1 unspecified atom stereocenters. The maximum atomic E-state index is 6.01. The highest BCUT2D eigenvalue weighted by atomic mass is 35.5. The van der Waals surface area contributed by atoms with Gasteiger partial charge >= 0.3 is 0 Å². The summed E-state index contributed by atoms with van der Waals surface area (Å²) in [4.78, 5) is 7.23. The van der Waals surface area contributed by atoms with Crippen LogP contribution in [0.5, 0.6) is 0 Å². The number of nitrogens with zero attached hydrogens (tertiary/aromatic N) is 6. The topological polar surface area (TPSA) is 60.4 Å². The summed E-state index contributed by atoms with van der Waals surface area (Å²) in [6.45, 7) is 2.33. The molecule has 0 bridgehead atoms. The predicted molar refractivity (Wildman–Crippen MR) is 117 cm³/mol. The molecule has 6 nitrogen and oxygen atoms in total. The summed E-state index contributed by atoms with van der Waals surface area (Å²) in [5.41, 5.74) is 3.53. The van der Waals surface area contributed by atoms with E-state index in [1.165, 1.54) is 32.6 Å². The lowest BCUT2D eigenvalue weighted by Crippen LogP contribution is -2.09. The number of halogens is 1. The van der Waals surface area contributed by atoms with Crippen LogP contribution in [0.1, 0.15) is 29.3 Å². The van der Waals surface area contributed by atoms with Crippen LogP contribution >= 0.6 is 34.7 Å². The molecule has 146 valence electrons. The first-order chi connectivity index (χ1) is 14.2. The molecule has 1 aromatic carbocycles. The van der Waals surface area contributed by atoms with Gasteiger partial charge in [0.1, 0.15) is 11.2 Å². The Morgan fingerprint density at radius 3 is 2.97 bits per heavy atom. The first-order valence-corrected chi connectivity index (χ1v) is 11.8. The number of fused-ring (bicyclic) bond motifs is 8. The Balaban J connectivity index is 1.54. The van der Waals surface area contributed by atoms with Crippen molar-refractivity contribution in [2.45, 2.75) is 37.1 Å². The van der Waals surface area contributed by atoms with Gasteiger partial charge in [-0.2, -0.15) is 9.61 Å². The van der Waals surface area contributed by atoms with Crippen molar-refractivity contribution in [3.05, 3.63) is 51.6 Å². The molecule has 0 amide bonds. The summed E-state index contributed by atoms with van der Waals surface area (Å²) in [7, 11) is 0. The van der Waals surface area contributed by atoms with Gasteiger partial charge in [-0.05, 0) is 48.4 Å².